The Morgan fingerprint density at radius 3 is 2.52 bits per heavy atom. The first-order valence-electron chi connectivity index (χ1n) is 7.12. The van der Waals surface area contributed by atoms with Gasteiger partial charge in [-0.05, 0) is 37.6 Å². The molecule has 0 aliphatic heterocycles. The molecule has 2 aromatic rings. The minimum atomic E-state index is 0.751. The summed E-state index contributed by atoms with van der Waals surface area (Å²) in [6.45, 7) is 6.58. The maximum absolute atomic E-state index is 5.31. The standard InChI is InChI=1S/C16H23N3O2/c1-5-19-14(8-12(2)18-19)11-17-10-13-6-7-15(20-3)16(9-13)21-4/h6-9,17H,5,10-11H2,1-4H3. The third-order valence-corrected chi connectivity index (χ3v) is 3.37. The van der Waals surface area contributed by atoms with E-state index in [1.165, 1.54) is 5.69 Å². The highest BCUT2D eigenvalue weighted by Crippen LogP contribution is 2.27. The van der Waals surface area contributed by atoms with Crippen LogP contribution in [0.3, 0.4) is 0 Å². The van der Waals surface area contributed by atoms with E-state index < -0.39 is 0 Å². The van der Waals surface area contributed by atoms with Crippen LogP contribution >= 0.6 is 0 Å². The van der Waals surface area contributed by atoms with E-state index in [0.29, 0.717) is 0 Å². The molecule has 1 aromatic carbocycles. The molecule has 2 rings (SSSR count). The van der Waals surface area contributed by atoms with E-state index >= 15 is 0 Å². The van der Waals surface area contributed by atoms with Crippen molar-refractivity contribution >= 4 is 0 Å². The van der Waals surface area contributed by atoms with Crippen LogP contribution in [0.15, 0.2) is 24.3 Å². The van der Waals surface area contributed by atoms with E-state index in [0.717, 1.165) is 42.4 Å². The Labute approximate surface area is 125 Å². The lowest BCUT2D eigenvalue weighted by molar-refractivity contribution is 0.354. The van der Waals surface area contributed by atoms with Gasteiger partial charge in [-0.1, -0.05) is 6.07 Å². The number of ether oxygens (including phenoxy) is 2. The smallest absolute Gasteiger partial charge is 0.161 e. The fourth-order valence-electron chi connectivity index (χ4n) is 2.34. The summed E-state index contributed by atoms with van der Waals surface area (Å²) in [5, 5.41) is 7.88. The van der Waals surface area contributed by atoms with E-state index in [4.69, 9.17) is 9.47 Å². The van der Waals surface area contributed by atoms with E-state index in [-0.39, 0.29) is 0 Å². The number of nitrogens with one attached hydrogen (secondary N) is 1. The molecule has 5 nitrogen and oxygen atoms in total. The molecular weight excluding hydrogens is 266 g/mol. The van der Waals surface area contributed by atoms with Gasteiger partial charge in [-0.15, -0.1) is 0 Å². The third-order valence-electron chi connectivity index (χ3n) is 3.37. The molecule has 1 aromatic heterocycles. The molecular formula is C16H23N3O2. The Morgan fingerprint density at radius 2 is 1.86 bits per heavy atom. The zero-order valence-electron chi connectivity index (χ0n) is 13.1. The Balaban J connectivity index is 1.97. The van der Waals surface area contributed by atoms with Gasteiger partial charge >= 0.3 is 0 Å². The second-order valence-electron chi connectivity index (χ2n) is 4.89. The number of nitrogens with zero attached hydrogens (tertiary/aromatic N) is 2. The molecule has 0 aliphatic carbocycles. The van der Waals surface area contributed by atoms with Crippen molar-refractivity contribution < 1.29 is 9.47 Å². The molecule has 0 bridgehead atoms. The Bertz CT molecular complexity index is 593. The number of aromatic nitrogens is 2. The van der Waals surface area contributed by atoms with Crippen LogP contribution in [0, 0.1) is 6.92 Å². The molecule has 0 fully saturated rings. The molecule has 114 valence electrons. The summed E-state index contributed by atoms with van der Waals surface area (Å²) >= 11 is 0. The Hall–Kier alpha value is -2.01. The molecule has 1 heterocycles. The van der Waals surface area contributed by atoms with E-state index in [1.807, 2.05) is 29.8 Å². The van der Waals surface area contributed by atoms with Gasteiger partial charge in [-0.2, -0.15) is 5.10 Å². The van der Waals surface area contributed by atoms with Crippen LogP contribution < -0.4 is 14.8 Å². The van der Waals surface area contributed by atoms with Gasteiger partial charge in [0.05, 0.1) is 25.6 Å². The first-order chi connectivity index (χ1) is 10.2. The Kier molecular flexibility index (Phi) is 5.22. The molecule has 0 unspecified atom stereocenters. The van der Waals surface area contributed by atoms with Crippen molar-refractivity contribution in [3.05, 3.63) is 41.2 Å². The highest BCUT2D eigenvalue weighted by Gasteiger charge is 2.06. The zero-order chi connectivity index (χ0) is 15.2. The SMILES string of the molecule is CCn1nc(C)cc1CNCc1ccc(OC)c(OC)c1. The van der Waals surface area contributed by atoms with Crippen LogP contribution in [-0.2, 0) is 19.6 Å². The van der Waals surface area contributed by atoms with Gasteiger partial charge in [0, 0.05) is 19.6 Å². The van der Waals surface area contributed by atoms with Crippen LogP contribution in [0.25, 0.3) is 0 Å². The summed E-state index contributed by atoms with van der Waals surface area (Å²) in [7, 11) is 3.29. The second kappa shape index (κ2) is 7.13. The highest BCUT2D eigenvalue weighted by molar-refractivity contribution is 5.42. The molecule has 0 amide bonds. The van der Waals surface area contributed by atoms with Gasteiger partial charge in [-0.25, -0.2) is 0 Å². The summed E-state index contributed by atoms with van der Waals surface area (Å²) in [4.78, 5) is 0. The highest BCUT2D eigenvalue weighted by atomic mass is 16.5. The number of hydrogen-bond donors (Lipinski definition) is 1. The first-order valence-corrected chi connectivity index (χ1v) is 7.12. The van der Waals surface area contributed by atoms with E-state index in [9.17, 15) is 0 Å². The van der Waals surface area contributed by atoms with Gasteiger partial charge < -0.3 is 14.8 Å². The maximum Gasteiger partial charge on any atom is 0.161 e. The largest absolute Gasteiger partial charge is 0.493 e. The summed E-state index contributed by atoms with van der Waals surface area (Å²) in [6, 6.07) is 8.08. The first kappa shape index (κ1) is 15.4. The Morgan fingerprint density at radius 1 is 1.10 bits per heavy atom. The predicted molar refractivity (Wildman–Crippen MR) is 82.7 cm³/mol. The van der Waals surface area contributed by atoms with Crippen LogP contribution in [0.1, 0.15) is 23.9 Å². The predicted octanol–water partition coefficient (Wildman–Crippen LogP) is 2.52. The van der Waals surface area contributed by atoms with Gasteiger partial charge in [0.1, 0.15) is 0 Å². The van der Waals surface area contributed by atoms with Gasteiger partial charge in [0.15, 0.2) is 11.5 Å². The van der Waals surface area contributed by atoms with Crippen LogP contribution in [0.4, 0.5) is 0 Å². The molecule has 1 N–H and O–H groups in total. The second-order valence-corrected chi connectivity index (χ2v) is 4.89. The molecule has 0 aliphatic rings. The minimum absolute atomic E-state index is 0.751. The molecule has 0 radical (unpaired) electrons. The number of rotatable bonds is 7. The lowest BCUT2D eigenvalue weighted by Crippen LogP contribution is -2.16. The van der Waals surface area contributed by atoms with E-state index in [1.54, 1.807) is 14.2 Å². The molecule has 0 atom stereocenters. The van der Waals surface area contributed by atoms with Crippen LogP contribution in [0.2, 0.25) is 0 Å². The van der Waals surface area contributed by atoms with Crippen molar-refractivity contribution in [1.82, 2.24) is 15.1 Å². The summed E-state index contributed by atoms with van der Waals surface area (Å²) in [6.07, 6.45) is 0. The maximum atomic E-state index is 5.31. The monoisotopic (exact) mass is 289 g/mol. The molecule has 0 saturated heterocycles. The third kappa shape index (κ3) is 3.76. The number of hydrogen-bond acceptors (Lipinski definition) is 4. The van der Waals surface area contributed by atoms with Crippen molar-refractivity contribution in [2.45, 2.75) is 33.5 Å². The van der Waals surface area contributed by atoms with Crippen molar-refractivity contribution in [3.8, 4) is 11.5 Å². The number of benzene rings is 1. The zero-order valence-corrected chi connectivity index (χ0v) is 13.1. The quantitative estimate of drug-likeness (QED) is 0.851. The normalized spacial score (nSPS) is 10.7. The number of methoxy groups -OCH3 is 2. The van der Waals surface area contributed by atoms with E-state index in [2.05, 4.69) is 23.4 Å². The molecule has 5 heteroatoms. The summed E-state index contributed by atoms with van der Waals surface area (Å²) in [5.74, 6) is 1.51. The summed E-state index contributed by atoms with van der Waals surface area (Å²) < 4.78 is 12.6. The average molecular weight is 289 g/mol. The van der Waals surface area contributed by atoms with Crippen molar-refractivity contribution in [1.29, 1.82) is 0 Å². The lowest BCUT2D eigenvalue weighted by Gasteiger charge is -2.10. The number of aryl methyl sites for hydroxylation is 2. The molecule has 21 heavy (non-hydrogen) atoms. The minimum Gasteiger partial charge on any atom is -0.493 e. The van der Waals surface area contributed by atoms with Crippen molar-refractivity contribution in [2.75, 3.05) is 14.2 Å². The van der Waals surface area contributed by atoms with Crippen molar-refractivity contribution in [3.63, 3.8) is 0 Å². The van der Waals surface area contributed by atoms with Gasteiger partial charge in [-0.3, -0.25) is 4.68 Å². The van der Waals surface area contributed by atoms with Gasteiger partial charge in [0.25, 0.3) is 0 Å². The van der Waals surface area contributed by atoms with Crippen LogP contribution in [0.5, 0.6) is 11.5 Å². The molecule has 0 spiro atoms. The average Bonchev–Trinajstić information content (AvgIpc) is 2.87. The fraction of sp³-hybridized carbons (Fsp3) is 0.438. The summed E-state index contributed by atoms with van der Waals surface area (Å²) in [5.41, 5.74) is 3.42. The lowest BCUT2D eigenvalue weighted by atomic mass is 10.2. The molecule has 0 saturated carbocycles. The van der Waals surface area contributed by atoms with Gasteiger partial charge in [0.2, 0.25) is 0 Å². The topological polar surface area (TPSA) is 48.3 Å². The fourth-order valence-corrected chi connectivity index (χ4v) is 2.34. The van der Waals surface area contributed by atoms with Crippen molar-refractivity contribution in [2.24, 2.45) is 0 Å². The van der Waals surface area contributed by atoms with Crippen LogP contribution in [-0.4, -0.2) is 24.0 Å².